The third kappa shape index (κ3) is 2.53. The number of amides is 1. The van der Waals surface area contributed by atoms with Gasteiger partial charge in [0.2, 0.25) is 5.91 Å². The lowest BCUT2D eigenvalue weighted by Gasteiger charge is -2.18. The van der Waals surface area contributed by atoms with Gasteiger partial charge >= 0.3 is 0 Å². The largest absolute Gasteiger partial charge is 0.398 e. The van der Waals surface area contributed by atoms with Gasteiger partial charge in [0.05, 0.1) is 0 Å². The number of benzene rings is 1. The highest BCUT2D eigenvalue weighted by atomic mass is 32.2. The Morgan fingerprint density at radius 3 is 3.00 bits per heavy atom. The van der Waals surface area contributed by atoms with Crippen LogP contribution < -0.4 is 11.1 Å². The van der Waals surface area contributed by atoms with Gasteiger partial charge in [-0.25, -0.2) is 9.97 Å². The van der Waals surface area contributed by atoms with Crippen molar-refractivity contribution in [1.82, 2.24) is 9.97 Å². The van der Waals surface area contributed by atoms with E-state index in [9.17, 15) is 4.79 Å². The van der Waals surface area contributed by atoms with E-state index < -0.39 is 0 Å². The third-order valence-electron chi connectivity index (χ3n) is 2.90. The maximum atomic E-state index is 11.3. The van der Waals surface area contributed by atoms with Crippen LogP contribution in [0.1, 0.15) is 12.0 Å². The number of nitrogens with one attached hydrogen (secondary N) is 1. The van der Waals surface area contributed by atoms with Gasteiger partial charge in [0.25, 0.3) is 0 Å². The van der Waals surface area contributed by atoms with E-state index in [2.05, 4.69) is 15.3 Å². The van der Waals surface area contributed by atoms with Crippen LogP contribution in [-0.4, -0.2) is 15.9 Å². The summed E-state index contributed by atoms with van der Waals surface area (Å²) in [7, 11) is 0. The highest BCUT2D eigenvalue weighted by Gasteiger charge is 2.17. The molecule has 2 aromatic rings. The standard InChI is InChI=1S/C13H12N4OS/c14-9-6-10-8(1-2-12(18)17-10)5-11(9)19-13-3-4-15-7-16-13/h3-7H,1-2,14H2,(H,17,18). The van der Waals surface area contributed by atoms with Gasteiger partial charge in [0.15, 0.2) is 0 Å². The molecule has 96 valence electrons. The lowest BCUT2D eigenvalue weighted by Crippen LogP contribution is -2.19. The van der Waals surface area contributed by atoms with Crippen molar-refractivity contribution in [3.8, 4) is 0 Å². The zero-order valence-corrected chi connectivity index (χ0v) is 10.9. The van der Waals surface area contributed by atoms with Crippen molar-refractivity contribution >= 4 is 29.0 Å². The van der Waals surface area contributed by atoms with Crippen LogP contribution in [0.25, 0.3) is 0 Å². The van der Waals surface area contributed by atoms with Crippen LogP contribution in [0.4, 0.5) is 11.4 Å². The van der Waals surface area contributed by atoms with E-state index in [1.54, 1.807) is 6.20 Å². The minimum Gasteiger partial charge on any atom is -0.398 e. The average Bonchev–Trinajstić information content (AvgIpc) is 2.41. The number of hydrogen-bond acceptors (Lipinski definition) is 5. The summed E-state index contributed by atoms with van der Waals surface area (Å²) in [5.41, 5.74) is 8.60. The number of anilines is 2. The van der Waals surface area contributed by atoms with Crippen LogP contribution in [0.3, 0.4) is 0 Å². The number of nitrogens with two attached hydrogens (primary N) is 1. The summed E-state index contributed by atoms with van der Waals surface area (Å²) >= 11 is 1.50. The molecule has 0 unspecified atom stereocenters. The molecular weight excluding hydrogens is 260 g/mol. The molecule has 1 aliphatic rings. The van der Waals surface area contributed by atoms with Crippen molar-refractivity contribution in [3.63, 3.8) is 0 Å². The summed E-state index contributed by atoms with van der Waals surface area (Å²) in [6, 6.07) is 5.68. The lowest BCUT2D eigenvalue weighted by molar-refractivity contribution is -0.116. The number of nitrogens with zero attached hydrogens (tertiary/aromatic N) is 2. The number of aromatic nitrogens is 2. The van der Waals surface area contributed by atoms with Crippen molar-refractivity contribution in [2.45, 2.75) is 22.8 Å². The molecule has 19 heavy (non-hydrogen) atoms. The fourth-order valence-corrected chi connectivity index (χ4v) is 2.79. The Balaban J connectivity index is 1.93. The molecule has 0 spiro atoms. The van der Waals surface area contributed by atoms with Gasteiger partial charge in [0.1, 0.15) is 11.4 Å². The summed E-state index contributed by atoms with van der Waals surface area (Å²) in [5, 5.41) is 3.69. The van der Waals surface area contributed by atoms with Crippen molar-refractivity contribution in [3.05, 3.63) is 36.3 Å². The normalized spacial score (nSPS) is 13.8. The van der Waals surface area contributed by atoms with Gasteiger partial charge in [-0.1, -0.05) is 11.8 Å². The number of rotatable bonds is 2. The second kappa shape index (κ2) is 4.89. The summed E-state index contributed by atoms with van der Waals surface area (Å²) in [6.45, 7) is 0. The third-order valence-corrected chi connectivity index (χ3v) is 3.92. The summed E-state index contributed by atoms with van der Waals surface area (Å²) in [4.78, 5) is 20.3. The van der Waals surface area contributed by atoms with Crippen LogP contribution in [0.5, 0.6) is 0 Å². The van der Waals surface area contributed by atoms with E-state index >= 15 is 0 Å². The molecule has 5 nitrogen and oxygen atoms in total. The molecule has 0 radical (unpaired) electrons. The Kier molecular flexibility index (Phi) is 3.08. The van der Waals surface area contributed by atoms with Crippen LogP contribution in [0.2, 0.25) is 0 Å². The smallest absolute Gasteiger partial charge is 0.224 e. The monoisotopic (exact) mass is 272 g/mol. The number of fused-ring (bicyclic) bond motifs is 1. The zero-order valence-electron chi connectivity index (χ0n) is 10.1. The van der Waals surface area contributed by atoms with E-state index in [1.165, 1.54) is 18.1 Å². The molecular formula is C13H12N4OS. The molecule has 1 aliphatic heterocycles. The number of carbonyl (C=O) groups is 1. The van der Waals surface area contributed by atoms with Crippen LogP contribution in [0.15, 0.2) is 40.6 Å². The highest BCUT2D eigenvalue weighted by molar-refractivity contribution is 7.99. The molecule has 2 heterocycles. The molecule has 0 atom stereocenters. The fraction of sp³-hybridized carbons (Fsp3) is 0.154. The first-order chi connectivity index (χ1) is 9.22. The van der Waals surface area contributed by atoms with Gasteiger partial charge in [-0.05, 0) is 30.2 Å². The first-order valence-corrected chi connectivity index (χ1v) is 6.70. The van der Waals surface area contributed by atoms with Crippen molar-refractivity contribution < 1.29 is 4.79 Å². The Bertz CT molecular complexity index is 630. The minimum atomic E-state index is 0.0445. The fourth-order valence-electron chi connectivity index (χ4n) is 1.96. The van der Waals surface area contributed by atoms with E-state index in [4.69, 9.17) is 5.73 Å². The topological polar surface area (TPSA) is 80.9 Å². The van der Waals surface area contributed by atoms with E-state index in [0.717, 1.165) is 27.6 Å². The molecule has 1 aromatic heterocycles. The maximum absolute atomic E-state index is 11.3. The Hall–Kier alpha value is -2.08. The van der Waals surface area contributed by atoms with Crippen LogP contribution in [-0.2, 0) is 11.2 Å². The highest BCUT2D eigenvalue weighted by Crippen LogP contribution is 2.36. The van der Waals surface area contributed by atoms with E-state index in [0.29, 0.717) is 12.1 Å². The first kappa shape index (κ1) is 12.0. The second-order valence-corrected chi connectivity index (χ2v) is 5.31. The van der Waals surface area contributed by atoms with Gasteiger partial charge < -0.3 is 11.1 Å². The summed E-state index contributed by atoms with van der Waals surface area (Å²) in [5.74, 6) is 0.0445. The lowest BCUT2D eigenvalue weighted by atomic mass is 10.0. The molecule has 3 rings (SSSR count). The molecule has 0 saturated carbocycles. The maximum Gasteiger partial charge on any atom is 0.224 e. The van der Waals surface area contributed by atoms with E-state index in [-0.39, 0.29) is 5.91 Å². The molecule has 0 bridgehead atoms. The van der Waals surface area contributed by atoms with Gasteiger partial charge in [0, 0.05) is 28.9 Å². The quantitative estimate of drug-likeness (QED) is 0.646. The Morgan fingerprint density at radius 2 is 2.21 bits per heavy atom. The molecule has 0 aliphatic carbocycles. The molecule has 0 saturated heterocycles. The average molecular weight is 272 g/mol. The first-order valence-electron chi connectivity index (χ1n) is 5.88. The number of carbonyl (C=O) groups excluding carboxylic acids is 1. The number of hydrogen-bond donors (Lipinski definition) is 2. The summed E-state index contributed by atoms with van der Waals surface area (Å²) < 4.78 is 0. The van der Waals surface area contributed by atoms with E-state index in [1.807, 2.05) is 18.2 Å². The number of aryl methyl sites for hydroxylation is 1. The number of nitrogen functional groups attached to an aromatic ring is 1. The van der Waals surface area contributed by atoms with Crippen molar-refractivity contribution in [2.75, 3.05) is 11.1 Å². The molecule has 6 heteroatoms. The van der Waals surface area contributed by atoms with Crippen LogP contribution >= 0.6 is 11.8 Å². The van der Waals surface area contributed by atoms with Gasteiger partial charge in [-0.3, -0.25) is 4.79 Å². The van der Waals surface area contributed by atoms with Gasteiger partial charge in [-0.15, -0.1) is 0 Å². The minimum absolute atomic E-state index is 0.0445. The Labute approximate surface area is 114 Å². The molecule has 1 aromatic carbocycles. The summed E-state index contributed by atoms with van der Waals surface area (Å²) in [6.07, 6.45) is 4.48. The second-order valence-electron chi connectivity index (χ2n) is 4.25. The SMILES string of the molecule is Nc1cc2c(cc1Sc1ccncn1)CCC(=O)N2. The zero-order chi connectivity index (χ0) is 13.2. The van der Waals surface area contributed by atoms with Crippen molar-refractivity contribution in [2.24, 2.45) is 0 Å². The Morgan fingerprint density at radius 1 is 1.32 bits per heavy atom. The van der Waals surface area contributed by atoms with Crippen LogP contribution in [0, 0.1) is 0 Å². The molecule has 0 fully saturated rings. The predicted molar refractivity (Wildman–Crippen MR) is 74.0 cm³/mol. The molecule has 3 N–H and O–H groups in total. The molecule has 1 amide bonds. The predicted octanol–water partition coefficient (Wildman–Crippen LogP) is 2.09. The van der Waals surface area contributed by atoms with Crippen molar-refractivity contribution in [1.29, 1.82) is 0 Å². The van der Waals surface area contributed by atoms with Gasteiger partial charge in [-0.2, -0.15) is 0 Å².